The van der Waals surface area contributed by atoms with E-state index >= 15 is 0 Å². The van der Waals surface area contributed by atoms with Gasteiger partial charge in [0.05, 0.1) is 6.61 Å². The van der Waals surface area contributed by atoms with Crippen molar-refractivity contribution in [1.82, 2.24) is 14.9 Å². The lowest BCUT2D eigenvalue weighted by molar-refractivity contribution is 0.0707. The highest BCUT2D eigenvalue weighted by Gasteiger charge is 2.27. The summed E-state index contributed by atoms with van der Waals surface area (Å²) in [7, 11) is 0. The van der Waals surface area contributed by atoms with Crippen molar-refractivity contribution < 1.29 is 9.53 Å². The van der Waals surface area contributed by atoms with Gasteiger partial charge in [-0.25, -0.2) is 9.97 Å². The number of nitrogen functional groups attached to an aromatic ring is 1. The van der Waals surface area contributed by atoms with Crippen LogP contribution in [0.25, 0.3) is 0 Å². The SMILES string of the molecule is CCOc1ccccc1C1CCN(C(=O)c2nccnc2N)CC1. The molecule has 0 bridgehead atoms. The van der Waals surface area contributed by atoms with Gasteiger partial charge < -0.3 is 15.4 Å². The van der Waals surface area contributed by atoms with Crippen LogP contribution in [0.5, 0.6) is 5.75 Å². The molecule has 2 N–H and O–H groups in total. The van der Waals surface area contributed by atoms with Gasteiger partial charge in [-0.1, -0.05) is 18.2 Å². The summed E-state index contributed by atoms with van der Waals surface area (Å²) in [4.78, 5) is 22.4. The van der Waals surface area contributed by atoms with E-state index in [0.717, 1.165) is 18.6 Å². The van der Waals surface area contributed by atoms with Crippen molar-refractivity contribution in [2.24, 2.45) is 0 Å². The van der Waals surface area contributed by atoms with Gasteiger partial charge in [-0.3, -0.25) is 4.79 Å². The van der Waals surface area contributed by atoms with Crippen LogP contribution in [-0.4, -0.2) is 40.5 Å². The fraction of sp³-hybridized carbons (Fsp3) is 0.389. The Morgan fingerprint density at radius 3 is 2.67 bits per heavy atom. The number of hydrogen-bond acceptors (Lipinski definition) is 5. The van der Waals surface area contributed by atoms with Crippen molar-refractivity contribution in [1.29, 1.82) is 0 Å². The average molecular weight is 326 g/mol. The maximum atomic E-state index is 12.6. The first kappa shape index (κ1) is 16.2. The first-order valence-corrected chi connectivity index (χ1v) is 8.28. The zero-order chi connectivity index (χ0) is 16.9. The molecule has 0 spiro atoms. The first-order valence-electron chi connectivity index (χ1n) is 8.28. The summed E-state index contributed by atoms with van der Waals surface area (Å²) >= 11 is 0. The van der Waals surface area contributed by atoms with Gasteiger partial charge in [0.1, 0.15) is 5.75 Å². The molecule has 1 aliphatic rings. The number of aromatic nitrogens is 2. The first-order chi connectivity index (χ1) is 11.7. The van der Waals surface area contributed by atoms with Crippen molar-refractivity contribution in [2.45, 2.75) is 25.7 Å². The lowest BCUT2D eigenvalue weighted by Gasteiger charge is -2.32. The third-order valence-corrected chi connectivity index (χ3v) is 4.37. The molecule has 1 fully saturated rings. The Hall–Kier alpha value is -2.63. The number of carbonyl (C=O) groups excluding carboxylic acids is 1. The average Bonchev–Trinajstić information content (AvgIpc) is 2.63. The standard InChI is InChI=1S/C18H22N4O2/c1-2-24-15-6-4-3-5-14(15)13-7-11-22(12-8-13)18(23)16-17(19)21-10-9-20-16/h3-6,9-10,13H,2,7-8,11-12H2,1H3,(H2,19,21). The molecule has 1 aromatic carbocycles. The summed E-state index contributed by atoms with van der Waals surface area (Å²) in [5.74, 6) is 1.39. The van der Waals surface area contributed by atoms with Crippen molar-refractivity contribution in [3.05, 3.63) is 47.9 Å². The van der Waals surface area contributed by atoms with Crippen molar-refractivity contribution in [3.8, 4) is 5.75 Å². The quantitative estimate of drug-likeness (QED) is 0.933. The monoisotopic (exact) mass is 326 g/mol. The molecule has 0 unspecified atom stereocenters. The number of rotatable bonds is 4. The second-order valence-electron chi connectivity index (χ2n) is 5.83. The van der Waals surface area contributed by atoms with Crippen molar-refractivity contribution in [3.63, 3.8) is 0 Å². The van der Waals surface area contributed by atoms with Crippen LogP contribution in [0.2, 0.25) is 0 Å². The van der Waals surface area contributed by atoms with Gasteiger partial charge >= 0.3 is 0 Å². The van der Waals surface area contributed by atoms with E-state index in [-0.39, 0.29) is 17.4 Å². The molecule has 1 saturated heterocycles. The Morgan fingerprint density at radius 1 is 1.25 bits per heavy atom. The molecule has 24 heavy (non-hydrogen) atoms. The topological polar surface area (TPSA) is 81.3 Å². The van der Waals surface area contributed by atoms with E-state index in [1.807, 2.05) is 25.1 Å². The number of piperidine rings is 1. The minimum Gasteiger partial charge on any atom is -0.494 e. The van der Waals surface area contributed by atoms with Gasteiger partial charge in [0.15, 0.2) is 11.5 Å². The molecule has 0 radical (unpaired) electrons. The second-order valence-corrected chi connectivity index (χ2v) is 5.83. The molecule has 2 aromatic rings. The van der Waals surface area contributed by atoms with Gasteiger partial charge in [-0.05, 0) is 37.3 Å². The van der Waals surface area contributed by atoms with Crippen LogP contribution in [0, 0.1) is 0 Å². The number of likely N-dealkylation sites (tertiary alicyclic amines) is 1. The zero-order valence-electron chi connectivity index (χ0n) is 13.8. The highest BCUT2D eigenvalue weighted by molar-refractivity contribution is 5.96. The molecule has 1 aromatic heterocycles. The number of nitrogens with zero attached hydrogens (tertiary/aromatic N) is 3. The molecule has 6 heteroatoms. The van der Waals surface area contributed by atoms with E-state index in [0.29, 0.717) is 25.6 Å². The van der Waals surface area contributed by atoms with E-state index in [9.17, 15) is 4.79 Å². The van der Waals surface area contributed by atoms with Gasteiger partial charge in [-0.15, -0.1) is 0 Å². The van der Waals surface area contributed by atoms with Crippen LogP contribution < -0.4 is 10.5 Å². The normalized spacial score (nSPS) is 15.3. The smallest absolute Gasteiger partial charge is 0.276 e. The molecular formula is C18H22N4O2. The summed E-state index contributed by atoms with van der Waals surface area (Å²) in [6.45, 7) is 4.00. The van der Waals surface area contributed by atoms with Crippen molar-refractivity contribution >= 4 is 11.7 Å². The van der Waals surface area contributed by atoms with Crippen LogP contribution in [0.4, 0.5) is 5.82 Å². The summed E-state index contributed by atoms with van der Waals surface area (Å²) in [5.41, 5.74) is 7.23. The van der Waals surface area contributed by atoms with Gasteiger partial charge in [-0.2, -0.15) is 0 Å². The minimum absolute atomic E-state index is 0.142. The van der Waals surface area contributed by atoms with E-state index in [2.05, 4.69) is 16.0 Å². The molecule has 3 rings (SSSR count). The number of anilines is 1. The fourth-order valence-corrected chi connectivity index (χ4v) is 3.16. The minimum atomic E-state index is -0.142. The molecule has 126 valence electrons. The number of para-hydroxylation sites is 1. The number of hydrogen-bond donors (Lipinski definition) is 1. The maximum absolute atomic E-state index is 12.6. The molecule has 6 nitrogen and oxygen atoms in total. The lowest BCUT2D eigenvalue weighted by Crippen LogP contribution is -2.38. The van der Waals surface area contributed by atoms with Crippen LogP contribution in [0.1, 0.15) is 41.7 Å². The number of carbonyl (C=O) groups is 1. The predicted octanol–water partition coefficient (Wildman–Crippen LogP) is 2.48. The van der Waals surface area contributed by atoms with E-state index in [1.165, 1.54) is 18.0 Å². The summed E-state index contributed by atoms with van der Waals surface area (Å²) in [6, 6.07) is 8.16. The zero-order valence-corrected chi connectivity index (χ0v) is 13.8. The molecular weight excluding hydrogens is 304 g/mol. The summed E-state index contributed by atoms with van der Waals surface area (Å²) in [6.07, 6.45) is 4.78. The molecule has 1 aliphatic heterocycles. The highest BCUT2D eigenvalue weighted by Crippen LogP contribution is 2.34. The number of amides is 1. The Morgan fingerprint density at radius 2 is 1.96 bits per heavy atom. The van der Waals surface area contributed by atoms with E-state index in [1.54, 1.807) is 4.90 Å². The Balaban J connectivity index is 1.68. The molecule has 2 heterocycles. The van der Waals surface area contributed by atoms with Crippen LogP contribution in [-0.2, 0) is 0 Å². The summed E-state index contributed by atoms with van der Waals surface area (Å²) < 4.78 is 5.73. The summed E-state index contributed by atoms with van der Waals surface area (Å²) in [5, 5.41) is 0. The lowest BCUT2D eigenvalue weighted by atomic mass is 9.88. The Bertz CT molecular complexity index is 712. The van der Waals surface area contributed by atoms with Crippen LogP contribution in [0.15, 0.2) is 36.7 Å². The predicted molar refractivity (Wildman–Crippen MR) is 91.9 cm³/mol. The van der Waals surface area contributed by atoms with E-state index < -0.39 is 0 Å². The molecule has 0 aliphatic carbocycles. The second kappa shape index (κ2) is 7.29. The Kier molecular flexibility index (Phi) is 4.93. The number of nitrogens with two attached hydrogens (primary N) is 1. The van der Waals surface area contributed by atoms with Crippen molar-refractivity contribution in [2.75, 3.05) is 25.4 Å². The van der Waals surface area contributed by atoms with Gasteiger partial charge in [0.25, 0.3) is 5.91 Å². The number of benzene rings is 1. The van der Waals surface area contributed by atoms with Gasteiger partial charge in [0, 0.05) is 25.5 Å². The Labute approximate surface area is 141 Å². The number of ether oxygens (including phenoxy) is 1. The maximum Gasteiger partial charge on any atom is 0.276 e. The van der Waals surface area contributed by atoms with Crippen LogP contribution in [0.3, 0.4) is 0 Å². The molecule has 0 saturated carbocycles. The van der Waals surface area contributed by atoms with Crippen LogP contribution >= 0.6 is 0 Å². The van der Waals surface area contributed by atoms with E-state index in [4.69, 9.17) is 10.5 Å². The molecule has 0 atom stereocenters. The van der Waals surface area contributed by atoms with Gasteiger partial charge in [0.2, 0.25) is 0 Å². The largest absolute Gasteiger partial charge is 0.494 e. The fourth-order valence-electron chi connectivity index (χ4n) is 3.16. The third-order valence-electron chi connectivity index (χ3n) is 4.37. The molecule has 1 amide bonds. The third kappa shape index (κ3) is 3.32. The highest BCUT2D eigenvalue weighted by atomic mass is 16.5.